The third-order valence-corrected chi connectivity index (χ3v) is 0.671. The highest BCUT2D eigenvalue weighted by molar-refractivity contribution is 7.32. The Balaban J connectivity index is 3.05. The molecule has 0 N–H and O–H groups in total. The van der Waals surface area contributed by atoms with Crippen LogP contribution in [0.1, 0.15) is 0 Å². The Hall–Kier alpha value is 0.290. The Morgan fingerprint density at radius 2 is 2.80 bits per heavy atom. The molecule has 5 heteroatoms. The van der Waals surface area contributed by atoms with E-state index in [-0.39, 0.29) is 0 Å². The highest BCUT2D eigenvalue weighted by atomic mass is 31.1. The van der Waals surface area contributed by atoms with Gasteiger partial charge in [-0.1, -0.05) is 0 Å². The molecule has 1 atom stereocenters. The van der Waals surface area contributed by atoms with E-state index in [1.807, 2.05) is 0 Å². The Morgan fingerprint density at radius 1 is 2.20 bits per heavy atom. The van der Waals surface area contributed by atoms with Crippen molar-refractivity contribution in [1.29, 1.82) is 1.28 Å². The van der Waals surface area contributed by atoms with Gasteiger partial charge in [-0.2, -0.15) is 0 Å². The summed E-state index contributed by atoms with van der Waals surface area (Å²) < 4.78 is 28.4. The fourth-order valence-corrected chi connectivity index (χ4v) is 0.137. The van der Waals surface area contributed by atoms with Crippen LogP contribution in [-0.4, -0.2) is 1.28 Å². The maximum absolute atomic E-state index is 9.47. The summed E-state index contributed by atoms with van der Waals surface area (Å²) in [6, 6.07) is 0. The zero-order valence-electron chi connectivity index (χ0n) is 3.17. The molecule has 0 saturated carbocycles. The minimum Gasteiger partial charge on any atom is -0.299 e. The third kappa shape index (κ3) is 4.29. The van der Waals surface area contributed by atoms with E-state index in [2.05, 4.69) is 4.31 Å². The normalized spacial score (nSPS) is 18.0. The first-order valence-electron chi connectivity index (χ1n) is 1.27. The van der Waals surface area contributed by atoms with Gasteiger partial charge < -0.3 is 0 Å². The summed E-state index contributed by atoms with van der Waals surface area (Å²) in [5.41, 5.74) is 0. The van der Waals surface area contributed by atoms with Gasteiger partial charge in [0.2, 0.25) is 0 Å². The SMILES string of the molecule is [2H][PH](=O)OP=O. The molecule has 0 aliphatic heterocycles. The smallest absolute Gasteiger partial charge is 0.299 e. The van der Waals surface area contributed by atoms with Crippen molar-refractivity contribution in [2.75, 3.05) is 0 Å². The fraction of sp³-hybridized carbons (Fsp3) is 0. The molecule has 0 aromatic rings. The molecular weight excluding hydrogens is 110 g/mol. The second kappa shape index (κ2) is 4.29. The van der Waals surface area contributed by atoms with E-state index in [1.54, 1.807) is 0 Å². The van der Waals surface area contributed by atoms with Crippen LogP contribution in [0.25, 0.3) is 0 Å². The molecule has 0 radical (unpaired) electrons. The molecule has 0 aromatic heterocycles. The first-order valence-corrected chi connectivity index (χ1v) is 2.32. The Labute approximate surface area is 33.2 Å². The van der Waals surface area contributed by atoms with Crippen molar-refractivity contribution in [1.82, 2.24) is 0 Å². The number of hydrogen-bond acceptors (Lipinski definition) is 3. The summed E-state index contributed by atoms with van der Waals surface area (Å²) in [5, 5.41) is 0. The molecule has 0 aliphatic carbocycles. The van der Waals surface area contributed by atoms with Gasteiger partial charge in [-0.05, 0) is 0 Å². The monoisotopic (exact) mass is 113 g/mol. The second-order valence-corrected chi connectivity index (χ2v) is 1.30. The summed E-state index contributed by atoms with van der Waals surface area (Å²) in [6.07, 6.45) is 0. The van der Waals surface area contributed by atoms with E-state index in [9.17, 15) is 9.13 Å². The van der Waals surface area contributed by atoms with Gasteiger partial charge in [0.1, 0.15) is 1.28 Å². The molecule has 0 saturated heterocycles. The van der Waals surface area contributed by atoms with Crippen molar-refractivity contribution in [3.05, 3.63) is 0 Å². The van der Waals surface area contributed by atoms with Gasteiger partial charge in [0.15, 0.2) is 8.63 Å². The highest BCUT2D eigenvalue weighted by Crippen LogP contribution is 2.04. The molecule has 5 heavy (non-hydrogen) atoms. The lowest BCUT2D eigenvalue weighted by atomic mass is 15.8. The van der Waals surface area contributed by atoms with Crippen LogP contribution in [-0.2, 0) is 13.4 Å². The average Bonchev–Trinajstić information content (AvgIpc) is 1.35. The predicted molar refractivity (Wildman–Crippen MR) is 19.1 cm³/mol. The van der Waals surface area contributed by atoms with E-state index in [0.29, 0.717) is 0 Å². The van der Waals surface area contributed by atoms with Gasteiger partial charge in [0.05, 0.1) is 0 Å². The minimum absolute atomic E-state index is 0.681. The molecule has 0 bridgehead atoms. The van der Waals surface area contributed by atoms with Crippen LogP contribution >= 0.6 is 17.3 Å². The Kier molecular flexibility index (Phi) is 2.99. The summed E-state index contributed by atoms with van der Waals surface area (Å²) in [7, 11) is -3.39. The number of rotatable bonds is 2. The molecular formula is H2O3P2. The van der Waals surface area contributed by atoms with Gasteiger partial charge >= 0.3 is 8.69 Å². The average molecular weight is 113 g/mol. The van der Waals surface area contributed by atoms with Crippen molar-refractivity contribution in [3.63, 3.8) is 0 Å². The molecule has 0 spiro atoms. The summed E-state index contributed by atoms with van der Waals surface area (Å²) >= 11 is 0. The number of hydrogen-bond donors (Lipinski definition) is 0. The fourth-order valence-electron chi connectivity index (χ4n) is 0.0152. The molecule has 30 valence electrons. The summed E-state index contributed by atoms with van der Waals surface area (Å²) in [4.78, 5) is 0. The van der Waals surface area contributed by atoms with Gasteiger partial charge in [0.25, 0.3) is 0 Å². The van der Waals surface area contributed by atoms with Crippen molar-refractivity contribution >= 4 is 17.3 Å². The minimum atomic E-state index is -2.71. The van der Waals surface area contributed by atoms with Crippen LogP contribution in [0.4, 0.5) is 0 Å². The van der Waals surface area contributed by atoms with Gasteiger partial charge in [-0.3, -0.25) is 4.57 Å². The van der Waals surface area contributed by atoms with Gasteiger partial charge in [0, 0.05) is 0 Å². The topological polar surface area (TPSA) is 43.4 Å². The van der Waals surface area contributed by atoms with E-state index >= 15 is 0 Å². The first-order chi connectivity index (χ1) is 2.77. The van der Waals surface area contributed by atoms with Gasteiger partial charge in [-0.25, -0.2) is 8.88 Å². The van der Waals surface area contributed by atoms with Crippen LogP contribution in [0.2, 0.25) is 0 Å². The van der Waals surface area contributed by atoms with Crippen molar-refractivity contribution in [3.8, 4) is 0 Å². The van der Waals surface area contributed by atoms with Crippen LogP contribution in [0.5, 0.6) is 0 Å². The molecule has 0 amide bonds. The lowest BCUT2D eigenvalue weighted by Gasteiger charge is -1.59. The van der Waals surface area contributed by atoms with Crippen molar-refractivity contribution < 1.29 is 13.4 Å². The van der Waals surface area contributed by atoms with Crippen LogP contribution in [0, 0.1) is 0 Å². The summed E-state index contributed by atoms with van der Waals surface area (Å²) in [5.74, 6) is 0. The zero-order chi connectivity index (χ0) is 4.99. The van der Waals surface area contributed by atoms with E-state index in [0.717, 1.165) is 0 Å². The van der Waals surface area contributed by atoms with Crippen molar-refractivity contribution in [2.45, 2.75) is 0 Å². The Morgan fingerprint density at radius 3 is 2.80 bits per heavy atom. The highest BCUT2D eigenvalue weighted by Gasteiger charge is 1.61. The molecule has 1 unspecified atom stereocenters. The molecule has 3 nitrogen and oxygen atoms in total. The van der Waals surface area contributed by atoms with Crippen molar-refractivity contribution in [2.24, 2.45) is 0 Å². The molecule has 0 aliphatic rings. The molecule has 0 rings (SSSR count). The van der Waals surface area contributed by atoms with Crippen LogP contribution in [0.3, 0.4) is 0 Å². The maximum atomic E-state index is 9.47. The van der Waals surface area contributed by atoms with Gasteiger partial charge in [-0.15, -0.1) is 0 Å². The lowest BCUT2D eigenvalue weighted by Crippen LogP contribution is -1.26. The molecule has 0 aromatic carbocycles. The Bertz CT molecular complexity index is 69.2. The standard InChI is InChI=1S/H2O3P2/c1-4-3-5-2/h4H2/i4D. The third-order valence-electron chi connectivity index (χ3n) is 0.0745. The second-order valence-electron chi connectivity index (χ2n) is 0.249. The maximum Gasteiger partial charge on any atom is 0.333 e. The van der Waals surface area contributed by atoms with E-state index < -0.39 is 17.3 Å². The van der Waals surface area contributed by atoms with Crippen LogP contribution < -0.4 is 0 Å². The van der Waals surface area contributed by atoms with E-state index in [1.165, 1.54) is 0 Å². The van der Waals surface area contributed by atoms with E-state index in [4.69, 9.17) is 1.28 Å². The van der Waals surface area contributed by atoms with Crippen LogP contribution in [0.15, 0.2) is 0 Å². The lowest BCUT2D eigenvalue weighted by molar-refractivity contribution is 0.516. The molecule has 0 heterocycles. The summed E-state index contributed by atoms with van der Waals surface area (Å²) in [6.45, 7) is 0. The largest absolute Gasteiger partial charge is 0.333 e. The molecule has 0 fully saturated rings. The quantitative estimate of drug-likeness (QED) is 0.499. The predicted octanol–water partition coefficient (Wildman–Crippen LogP) is 0.881. The first kappa shape index (κ1) is 3.48. The zero-order valence-corrected chi connectivity index (χ0v) is 4.07.